The molecule has 31 heavy (non-hydrogen) atoms. The van der Waals surface area contributed by atoms with Gasteiger partial charge in [0, 0.05) is 13.0 Å². The van der Waals surface area contributed by atoms with Crippen LogP contribution >= 0.6 is 0 Å². The van der Waals surface area contributed by atoms with Crippen LogP contribution in [-0.2, 0) is 11.2 Å². The van der Waals surface area contributed by atoms with Gasteiger partial charge in [-0.25, -0.2) is 5.48 Å². The number of hydroxylamine groups is 1. The second kappa shape index (κ2) is 11.7. The molecule has 1 aliphatic rings. The Morgan fingerprint density at radius 1 is 1.03 bits per heavy atom. The number of hydrogen-bond acceptors (Lipinski definition) is 5. The van der Waals surface area contributed by atoms with Crippen molar-refractivity contribution in [1.29, 1.82) is 0 Å². The molecule has 0 saturated carbocycles. The number of hydrogen-bond donors (Lipinski definition) is 2. The summed E-state index contributed by atoms with van der Waals surface area (Å²) in [6, 6.07) is 15.1. The van der Waals surface area contributed by atoms with Crippen LogP contribution < -0.4 is 15.0 Å². The molecule has 1 unspecified atom stereocenters. The lowest BCUT2D eigenvalue weighted by Gasteiger charge is -2.38. The summed E-state index contributed by atoms with van der Waals surface area (Å²) in [5.74, 6) is 1.26. The molecule has 0 spiro atoms. The first-order valence-corrected chi connectivity index (χ1v) is 11.1. The first-order valence-electron chi connectivity index (χ1n) is 11.1. The second-order valence-corrected chi connectivity index (χ2v) is 8.06. The van der Waals surface area contributed by atoms with Gasteiger partial charge in [-0.05, 0) is 54.6 Å². The average molecular weight is 427 g/mol. The number of benzene rings is 2. The van der Waals surface area contributed by atoms with Gasteiger partial charge in [0.1, 0.15) is 0 Å². The van der Waals surface area contributed by atoms with E-state index in [1.54, 1.807) is 19.7 Å². The van der Waals surface area contributed by atoms with E-state index >= 15 is 0 Å². The lowest BCUT2D eigenvalue weighted by Crippen LogP contribution is -2.36. The Labute approximate surface area is 185 Å². The van der Waals surface area contributed by atoms with Crippen LogP contribution in [-0.4, -0.2) is 43.3 Å². The number of methoxy groups -OCH3 is 2. The quantitative estimate of drug-likeness (QED) is 0.315. The molecule has 0 fully saturated rings. The molecule has 168 valence electrons. The minimum Gasteiger partial charge on any atom is -0.493 e. The topological polar surface area (TPSA) is 71.0 Å². The molecule has 0 bridgehead atoms. The van der Waals surface area contributed by atoms with Crippen molar-refractivity contribution in [1.82, 2.24) is 10.4 Å². The van der Waals surface area contributed by atoms with E-state index in [0.717, 1.165) is 63.1 Å². The van der Waals surface area contributed by atoms with Gasteiger partial charge in [0.05, 0.1) is 20.3 Å². The fourth-order valence-electron chi connectivity index (χ4n) is 4.45. The Hall–Kier alpha value is -2.57. The molecule has 6 heteroatoms. The molecule has 0 radical (unpaired) electrons. The van der Waals surface area contributed by atoms with Crippen molar-refractivity contribution < 1.29 is 19.5 Å². The third-order valence-corrected chi connectivity index (χ3v) is 6.06. The van der Waals surface area contributed by atoms with E-state index in [-0.39, 0.29) is 11.9 Å². The molecule has 3 rings (SSSR count). The summed E-state index contributed by atoms with van der Waals surface area (Å²) >= 11 is 0. The zero-order valence-electron chi connectivity index (χ0n) is 18.6. The third kappa shape index (κ3) is 5.99. The van der Waals surface area contributed by atoms with E-state index in [0.29, 0.717) is 6.42 Å². The van der Waals surface area contributed by atoms with Gasteiger partial charge in [-0.3, -0.25) is 14.9 Å². The molecular weight excluding hydrogens is 392 g/mol. The van der Waals surface area contributed by atoms with Crippen molar-refractivity contribution in [3.05, 3.63) is 59.2 Å². The first kappa shape index (κ1) is 23.1. The molecular formula is C25H34N2O4. The lowest BCUT2D eigenvalue weighted by atomic mass is 9.87. The Bertz CT molecular complexity index is 841. The first-order chi connectivity index (χ1) is 15.2. The number of rotatable bonds is 11. The standard InChI is InChI=1S/C25H34N2O4/c1-30-22-17-20-14-16-27(15-10-5-3-4-9-13-24(28)26-29)25(19-11-7-6-8-12-19)21(20)18-23(22)31-2/h6-8,11-12,17-18,25,29H,3-5,9-10,13-16H2,1-2H3,(H,26,28). The van der Waals surface area contributed by atoms with Gasteiger partial charge in [0.25, 0.3) is 0 Å². The molecule has 2 aromatic carbocycles. The number of amides is 1. The highest BCUT2D eigenvalue weighted by Gasteiger charge is 2.29. The summed E-state index contributed by atoms with van der Waals surface area (Å²) in [4.78, 5) is 13.7. The van der Waals surface area contributed by atoms with Gasteiger partial charge >= 0.3 is 0 Å². The third-order valence-electron chi connectivity index (χ3n) is 6.06. The van der Waals surface area contributed by atoms with Crippen LogP contribution in [0.2, 0.25) is 0 Å². The predicted molar refractivity (Wildman–Crippen MR) is 121 cm³/mol. The number of nitrogens with zero attached hydrogens (tertiary/aromatic N) is 1. The highest BCUT2D eigenvalue weighted by molar-refractivity contribution is 5.74. The summed E-state index contributed by atoms with van der Waals surface area (Å²) < 4.78 is 11.1. The fourth-order valence-corrected chi connectivity index (χ4v) is 4.45. The molecule has 0 aromatic heterocycles. The minimum atomic E-state index is -0.301. The monoisotopic (exact) mass is 426 g/mol. The highest BCUT2D eigenvalue weighted by atomic mass is 16.5. The van der Waals surface area contributed by atoms with Crippen molar-refractivity contribution in [2.24, 2.45) is 0 Å². The van der Waals surface area contributed by atoms with Gasteiger partial charge in [0.15, 0.2) is 11.5 Å². The summed E-state index contributed by atoms with van der Waals surface area (Å²) in [6.07, 6.45) is 6.57. The molecule has 0 saturated heterocycles. The molecule has 1 heterocycles. The van der Waals surface area contributed by atoms with Crippen molar-refractivity contribution in [3.63, 3.8) is 0 Å². The fraction of sp³-hybridized carbons (Fsp3) is 0.480. The van der Waals surface area contributed by atoms with E-state index in [4.69, 9.17) is 14.7 Å². The number of nitrogens with one attached hydrogen (secondary N) is 1. The lowest BCUT2D eigenvalue weighted by molar-refractivity contribution is -0.129. The van der Waals surface area contributed by atoms with Gasteiger partial charge in [-0.2, -0.15) is 0 Å². The Kier molecular flexibility index (Phi) is 8.74. The number of unbranched alkanes of at least 4 members (excludes halogenated alkanes) is 4. The summed E-state index contributed by atoms with van der Waals surface area (Å²) in [5, 5.41) is 8.55. The van der Waals surface area contributed by atoms with Gasteiger partial charge in [0.2, 0.25) is 5.91 Å². The van der Waals surface area contributed by atoms with Gasteiger partial charge < -0.3 is 9.47 Å². The van der Waals surface area contributed by atoms with Gasteiger partial charge in [-0.15, -0.1) is 0 Å². The zero-order valence-corrected chi connectivity index (χ0v) is 18.6. The molecule has 1 atom stereocenters. The van der Waals surface area contributed by atoms with Crippen LogP contribution in [0, 0.1) is 0 Å². The maximum atomic E-state index is 11.1. The summed E-state index contributed by atoms with van der Waals surface area (Å²) in [5.41, 5.74) is 5.61. The van der Waals surface area contributed by atoms with Crippen LogP contribution in [0.1, 0.15) is 61.3 Å². The zero-order chi connectivity index (χ0) is 22.1. The molecule has 2 aromatic rings. The highest BCUT2D eigenvalue weighted by Crippen LogP contribution is 2.41. The normalized spacial score (nSPS) is 15.9. The summed E-state index contributed by atoms with van der Waals surface area (Å²) in [7, 11) is 3.37. The second-order valence-electron chi connectivity index (χ2n) is 8.06. The Morgan fingerprint density at radius 2 is 1.71 bits per heavy atom. The van der Waals surface area contributed by atoms with Crippen molar-refractivity contribution in [2.75, 3.05) is 27.3 Å². The van der Waals surface area contributed by atoms with Crippen LogP contribution in [0.5, 0.6) is 11.5 Å². The van der Waals surface area contributed by atoms with Crippen molar-refractivity contribution in [2.45, 2.75) is 51.0 Å². The van der Waals surface area contributed by atoms with Crippen LogP contribution in [0.15, 0.2) is 42.5 Å². The smallest absolute Gasteiger partial charge is 0.243 e. The molecule has 1 aliphatic heterocycles. The van der Waals surface area contributed by atoms with E-state index in [1.807, 2.05) is 0 Å². The molecule has 2 N–H and O–H groups in total. The average Bonchev–Trinajstić information content (AvgIpc) is 2.82. The number of ether oxygens (including phenoxy) is 2. The number of carbonyl (C=O) groups is 1. The van der Waals surface area contributed by atoms with Crippen molar-refractivity contribution in [3.8, 4) is 11.5 Å². The summed E-state index contributed by atoms with van der Waals surface area (Å²) in [6.45, 7) is 2.04. The minimum absolute atomic E-state index is 0.206. The Morgan fingerprint density at radius 3 is 2.42 bits per heavy atom. The van der Waals surface area contributed by atoms with Gasteiger partial charge in [-0.1, -0.05) is 49.6 Å². The van der Waals surface area contributed by atoms with Crippen molar-refractivity contribution >= 4 is 5.91 Å². The predicted octanol–water partition coefficient (Wildman–Crippen LogP) is 4.50. The maximum Gasteiger partial charge on any atom is 0.243 e. The number of fused-ring (bicyclic) bond motifs is 1. The van der Waals surface area contributed by atoms with Crippen LogP contribution in [0.25, 0.3) is 0 Å². The molecule has 0 aliphatic carbocycles. The Balaban J connectivity index is 1.67. The van der Waals surface area contributed by atoms with Crippen LogP contribution in [0.3, 0.4) is 0 Å². The largest absolute Gasteiger partial charge is 0.493 e. The van der Waals surface area contributed by atoms with E-state index in [2.05, 4.69) is 47.4 Å². The van der Waals surface area contributed by atoms with Crippen LogP contribution in [0.4, 0.5) is 0 Å². The molecule has 1 amide bonds. The SMILES string of the molecule is COc1cc2c(cc1OC)C(c1ccccc1)N(CCCCCCCC(=O)NO)CC2. The van der Waals surface area contributed by atoms with E-state index in [1.165, 1.54) is 16.7 Å². The number of carbonyl (C=O) groups excluding carboxylic acids is 1. The molecule has 6 nitrogen and oxygen atoms in total. The van der Waals surface area contributed by atoms with E-state index < -0.39 is 0 Å². The van der Waals surface area contributed by atoms with E-state index in [9.17, 15) is 4.79 Å². The maximum absolute atomic E-state index is 11.1.